The highest BCUT2D eigenvalue weighted by molar-refractivity contribution is 4.91. The highest BCUT2D eigenvalue weighted by Gasteiger charge is 2.49. The van der Waals surface area contributed by atoms with Crippen molar-refractivity contribution in [2.24, 2.45) is 11.7 Å². The second kappa shape index (κ2) is 4.70. The molecule has 1 rings (SSSR count). The minimum atomic E-state index is -4.16. The van der Waals surface area contributed by atoms with E-state index in [9.17, 15) is 13.2 Å². The maximum absolute atomic E-state index is 12.9. The van der Waals surface area contributed by atoms with Gasteiger partial charge in [-0.15, -0.1) is 0 Å². The first-order valence-corrected chi connectivity index (χ1v) is 5.40. The predicted octanol–water partition coefficient (Wildman–Crippen LogP) is 2.00. The molecule has 0 aliphatic carbocycles. The maximum Gasteiger partial charge on any atom is 0.404 e. The Balaban J connectivity index is 2.86. The molecule has 0 spiro atoms. The van der Waals surface area contributed by atoms with E-state index in [2.05, 4.69) is 0 Å². The standard InChI is InChI=1S/C10H19F3N2/c1-7(2)15-5-3-4-8(6-14)9(15)10(11,12)13/h7-9H,3-6,14H2,1-2H3/t8-,9+/m1/s1. The quantitative estimate of drug-likeness (QED) is 0.777. The highest BCUT2D eigenvalue weighted by Crippen LogP contribution is 2.36. The molecule has 0 amide bonds. The van der Waals surface area contributed by atoms with Crippen LogP contribution in [0.25, 0.3) is 0 Å². The van der Waals surface area contributed by atoms with Gasteiger partial charge in [-0.3, -0.25) is 4.90 Å². The molecule has 1 aliphatic heterocycles. The zero-order chi connectivity index (χ0) is 11.6. The molecule has 0 aromatic rings. The molecule has 0 radical (unpaired) electrons. The maximum atomic E-state index is 12.9. The Morgan fingerprint density at radius 2 is 2.00 bits per heavy atom. The van der Waals surface area contributed by atoms with Crippen LogP contribution in [0.4, 0.5) is 13.2 Å². The van der Waals surface area contributed by atoms with Gasteiger partial charge in [-0.05, 0) is 45.7 Å². The summed E-state index contributed by atoms with van der Waals surface area (Å²) in [6.07, 6.45) is -2.76. The molecule has 2 N–H and O–H groups in total. The van der Waals surface area contributed by atoms with E-state index in [0.29, 0.717) is 13.0 Å². The third kappa shape index (κ3) is 2.84. The van der Waals surface area contributed by atoms with Crippen molar-refractivity contribution in [3.05, 3.63) is 0 Å². The van der Waals surface area contributed by atoms with Crippen molar-refractivity contribution in [3.63, 3.8) is 0 Å². The summed E-state index contributed by atoms with van der Waals surface area (Å²) in [6.45, 7) is 4.25. The van der Waals surface area contributed by atoms with E-state index in [0.717, 1.165) is 6.42 Å². The number of nitrogens with zero attached hydrogens (tertiary/aromatic N) is 1. The van der Waals surface area contributed by atoms with Crippen molar-refractivity contribution in [1.82, 2.24) is 4.90 Å². The number of alkyl halides is 3. The smallest absolute Gasteiger partial charge is 0.330 e. The minimum Gasteiger partial charge on any atom is -0.330 e. The van der Waals surface area contributed by atoms with Gasteiger partial charge in [-0.2, -0.15) is 13.2 Å². The van der Waals surface area contributed by atoms with Gasteiger partial charge in [-0.1, -0.05) is 0 Å². The van der Waals surface area contributed by atoms with Crippen molar-refractivity contribution < 1.29 is 13.2 Å². The van der Waals surface area contributed by atoms with Gasteiger partial charge in [0.1, 0.15) is 6.04 Å². The molecular weight excluding hydrogens is 205 g/mol. The van der Waals surface area contributed by atoms with Crippen LogP contribution in [-0.2, 0) is 0 Å². The number of likely N-dealkylation sites (tertiary alicyclic amines) is 1. The van der Waals surface area contributed by atoms with Crippen molar-refractivity contribution in [2.75, 3.05) is 13.1 Å². The number of hydrogen-bond acceptors (Lipinski definition) is 2. The number of nitrogens with two attached hydrogens (primary N) is 1. The Kier molecular flexibility index (Phi) is 4.00. The average Bonchev–Trinajstić information content (AvgIpc) is 2.15. The van der Waals surface area contributed by atoms with Crippen molar-refractivity contribution in [3.8, 4) is 0 Å². The number of halogens is 3. The molecule has 2 atom stereocenters. The van der Waals surface area contributed by atoms with Crippen molar-refractivity contribution in [1.29, 1.82) is 0 Å². The van der Waals surface area contributed by atoms with Gasteiger partial charge in [0.15, 0.2) is 0 Å². The highest BCUT2D eigenvalue weighted by atomic mass is 19.4. The van der Waals surface area contributed by atoms with E-state index in [-0.39, 0.29) is 12.6 Å². The largest absolute Gasteiger partial charge is 0.404 e. The van der Waals surface area contributed by atoms with Crippen LogP contribution in [0.1, 0.15) is 26.7 Å². The van der Waals surface area contributed by atoms with Crippen LogP contribution in [0.15, 0.2) is 0 Å². The summed E-state index contributed by atoms with van der Waals surface area (Å²) < 4.78 is 38.7. The lowest BCUT2D eigenvalue weighted by molar-refractivity contribution is -0.209. The van der Waals surface area contributed by atoms with E-state index in [1.807, 2.05) is 0 Å². The van der Waals surface area contributed by atoms with E-state index in [4.69, 9.17) is 5.73 Å². The van der Waals surface area contributed by atoms with E-state index in [1.165, 1.54) is 4.90 Å². The molecule has 0 aromatic heterocycles. The Morgan fingerprint density at radius 1 is 1.40 bits per heavy atom. The van der Waals surface area contributed by atoms with Crippen LogP contribution in [0.3, 0.4) is 0 Å². The van der Waals surface area contributed by atoms with Gasteiger partial charge >= 0.3 is 6.18 Å². The minimum absolute atomic E-state index is 0.0778. The number of rotatable bonds is 2. The fourth-order valence-corrected chi connectivity index (χ4v) is 2.39. The molecule has 15 heavy (non-hydrogen) atoms. The lowest BCUT2D eigenvalue weighted by Crippen LogP contribution is -2.57. The third-order valence-corrected chi connectivity index (χ3v) is 3.10. The Labute approximate surface area is 88.6 Å². The number of hydrogen-bond donors (Lipinski definition) is 1. The molecule has 5 heteroatoms. The fraction of sp³-hybridized carbons (Fsp3) is 1.00. The van der Waals surface area contributed by atoms with Crippen molar-refractivity contribution in [2.45, 2.75) is 44.9 Å². The second-order valence-electron chi connectivity index (χ2n) is 4.46. The van der Waals surface area contributed by atoms with Crippen LogP contribution in [0, 0.1) is 5.92 Å². The van der Waals surface area contributed by atoms with Crippen LogP contribution in [0.2, 0.25) is 0 Å². The predicted molar refractivity (Wildman–Crippen MR) is 53.5 cm³/mol. The fourth-order valence-electron chi connectivity index (χ4n) is 2.39. The Bertz CT molecular complexity index is 203. The van der Waals surface area contributed by atoms with E-state index < -0.39 is 18.1 Å². The summed E-state index contributed by atoms with van der Waals surface area (Å²) in [6, 6.07) is -1.43. The molecule has 1 heterocycles. The van der Waals surface area contributed by atoms with Gasteiger partial charge in [0.05, 0.1) is 0 Å². The monoisotopic (exact) mass is 224 g/mol. The molecule has 1 fully saturated rings. The summed E-state index contributed by atoms with van der Waals surface area (Å²) in [5.74, 6) is -0.443. The summed E-state index contributed by atoms with van der Waals surface area (Å²) in [5.41, 5.74) is 5.43. The Hall–Kier alpha value is -0.290. The van der Waals surface area contributed by atoms with Crippen LogP contribution >= 0.6 is 0 Å². The molecule has 1 aliphatic rings. The zero-order valence-corrected chi connectivity index (χ0v) is 9.22. The Morgan fingerprint density at radius 3 is 2.40 bits per heavy atom. The van der Waals surface area contributed by atoms with Crippen LogP contribution < -0.4 is 5.73 Å². The van der Waals surface area contributed by atoms with E-state index >= 15 is 0 Å². The van der Waals surface area contributed by atoms with Gasteiger partial charge in [-0.25, -0.2) is 0 Å². The molecule has 0 unspecified atom stereocenters. The lowest BCUT2D eigenvalue weighted by Gasteiger charge is -2.43. The van der Waals surface area contributed by atoms with Crippen molar-refractivity contribution >= 4 is 0 Å². The molecule has 0 saturated carbocycles. The summed E-state index contributed by atoms with van der Waals surface area (Å²) >= 11 is 0. The topological polar surface area (TPSA) is 29.3 Å². The van der Waals surface area contributed by atoms with Gasteiger partial charge in [0, 0.05) is 6.04 Å². The first kappa shape index (κ1) is 12.8. The first-order valence-electron chi connectivity index (χ1n) is 5.40. The SMILES string of the molecule is CC(C)N1CCC[C@H](CN)[C@H]1C(F)(F)F. The zero-order valence-electron chi connectivity index (χ0n) is 9.22. The first-order chi connectivity index (χ1) is 6.88. The summed E-state index contributed by atoms with van der Waals surface area (Å²) in [4.78, 5) is 1.53. The third-order valence-electron chi connectivity index (χ3n) is 3.10. The van der Waals surface area contributed by atoms with Crippen LogP contribution in [-0.4, -0.2) is 36.2 Å². The van der Waals surface area contributed by atoms with Gasteiger partial charge in [0.2, 0.25) is 0 Å². The molecule has 90 valence electrons. The normalized spacial score (nSPS) is 29.8. The van der Waals surface area contributed by atoms with Gasteiger partial charge in [0.25, 0.3) is 0 Å². The number of piperidine rings is 1. The van der Waals surface area contributed by atoms with Gasteiger partial charge < -0.3 is 5.73 Å². The second-order valence-corrected chi connectivity index (χ2v) is 4.46. The lowest BCUT2D eigenvalue weighted by atomic mass is 9.88. The molecule has 0 bridgehead atoms. The van der Waals surface area contributed by atoms with E-state index in [1.54, 1.807) is 13.8 Å². The molecule has 1 saturated heterocycles. The summed E-state index contributed by atoms with van der Waals surface area (Å²) in [5, 5.41) is 0. The summed E-state index contributed by atoms with van der Waals surface area (Å²) in [7, 11) is 0. The molecular formula is C10H19F3N2. The average molecular weight is 224 g/mol. The molecule has 2 nitrogen and oxygen atoms in total. The van der Waals surface area contributed by atoms with Crippen LogP contribution in [0.5, 0.6) is 0 Å². The molecule has 0 aromatic carbocycles.